The highest BCUT2D eigenvalue weighted by Crippen LogP contribution is 2.18. The minimum Gasteiger partial charge on any atom is -0.392 e. The first-order valence-electron chi connectivity index (χ1n) is 6.41. The Labute approximate surface area is 104 Å². The lowest BCUT2D eigenvalue weighted by atomic mass is 9.88. The van der Waals surface area contributed by atoms with Crippen molar-refractivity contribution in [3.8, 4) is 0 Å². The lowest BCUT2D eigenvalue weighted by Crippen LogP contribution is -2.34. The van der Waals surface area contributed by atoms with E-state index in [0.29, 0.717) is 18.9 Å². The molecule has 17 heavy (non-hydrogen) atoms. The van der Waals surface area contributed by atoms with Gasteiger partial charge in [0, 0.05) is 18.7 Å². The van der Waals surface area contributed by atoms with Gasteiger partial charge < -0.3 is 10.8 Å². The van der Waals surface area contributed by atoms with Crippen LogP contribution in [0.5, 0.6) is 0 Å². The number of nitrogens with zero attached hydrogens (tertiary/aromatic N) is 2. The monoisotopic (exact) mass is 239 g/mol. The van der Waals surface area contributed by atoms with Crippen LogP contribution < -0.4 is 5.73 Å². The van der Waals surface area contributed by atoms with Crippen LogP contribution in [-0.4, -0.2) is 27.5 Å². The molecule has 4 heteroatoms. The number of nitrogens with two attached hydrogens (primary N) is 1. The number of hydrogen-bond donors (Lipinski definition) is 2. The molecule has 0 amide bonds. The van der Waals surface area contributed by atoms with Crippen LogP contribution >= 0.6 is 0 Å². The Morgan fingerprint density at radius 2 is 2.12 bits per heavy atom. The molecule has 0 aliphatic rings. The number of aliphatic hydroxyl groups excluding tert-OH is 1. The van der Waals surface area contributed by atoms with E-state index in [4.69, 9.17) is 5.73 Å². The maximum atomic E-state index is 10.2. The van der Waals surface area contributed by atoms with Crippen molar-refractivity contribution in [2.45, 2.75) is 46.8 Å². The fourth-order valence-corrected chi connectivity index (χ4v) is 2.28. The van der Waals surface area contributed by atoms with E-state index in [1.165, 1.54) is 0 Å². The molecule has 1 heterocycles. The van der Waals surface area contributed by atoms with Gasteiger partial charge in [-0.2, -0.15) is 5.10 Å². The average molecular weight is 239 g/mol. The number of hydrogen-bond acceptors (Lipinski definition) is 3. The smallest absolute Gasteiger partial charge is 0.0638 e. The molecule has 1 aromatic heterocycles. The summed E-state index contributed by atoms with van der Waals surface area (Å²) in [5.74, 6) is 0.546. The predicted molar refractivity (Wildman–Crippen MR) is 69.7 cm³/mol. The third-order valence-corrected chi connectivity index (χ3v) is 3.33. The van der Waals surface area contributed by atoms with Crippen LogP contribution in [0, 0.1) is 18.8 Å². The van der Waals surface area contributed by atoms with Crippen molar-refractivity contribution in [1.82, 2.24) is 9.78 Å². The van der Waals surface area contributed by atoms with Crippen LogP contribution in [0.1, 0.15) is 32.2 Å². The Kier molecular flexibility index (Phi) is 5.15. The van der Waals surface area contributed by atoms with Gasteiger partial charge in [-0.3, -0.25) is 4.68 Å². The van der Waals surface area contributed by atoms with Crippen LogP contribution in [0.25, 0.3) is 0 Å². The molecule has 0 bridgehead atoms. The van der Waals surface area contributed by atoms with Crippen molar-refractivity contribution in [3.05, 3.63) is 17.5 Å². The Morgan fingerprint density at radius 3 is 2.59 bits per heavy atom. The van der Waals surface area contributed by atoms with Gasteiger partial charge in [-0.25, -0.2) is 0 Å². The molecule has 4 nitrogen and oxygen atoms in total. The summed E-state index contributed by atoms with van der Waals surface area (Å²) in [4.78, 5) is 0. The van der Waals surface area contributed by atoms with Gasteiger partial charge in [-0.15, -0.1) is 0 Å². The van der Waals surface area contributed by atoms with E-state index in [0.717, 1.165) is 17.9 Å². The zero-order valence-corrected chi connectivity index (χ0v) is 11.3. The molecule has 0 fully saturated rings. The highest BCUT2D eigenvalue weighted by molar-refractivity contribution is 5.10. The Bertz CT molecular complexity index is 346. The van der Waals surface area contributed by atoms with Crippen molar-refractivity contribution in [2.24, 2.45) is 17.6 Å². The molecular formula is C13H25N3O. The third kappa shape index (κ3) is 3.54. The molecule has 0 aromatic carbocycles. The molecule has 2 unspecified atom stereocenters. The summed E-state index contributed by atoms with van der Waals surface area (Å²) in [7, 11) is 0. The van der Waals surface area contributed by atoms with Gasteiger partial charge in [-0.1, -0.05) is 13.8 Å². The van der Waals surface area contributed by atoms with E-state index in [2.05, 4.69) is 25.9 Å². The lowest BCUT2D eigenvalue weighted by molar-refractivity contribution is 0.0845. The average Bonchev–Trinajstić information content (AvgIpc) is 2.59. The topological polar surface area (TPSA) is 64.1 Å². The number of aromatic nitrogens is 2. The SMILES string of the molecule is CCn1nc(C)cc1CC(O)C(CN)C(C)C. The molecule has 1 aromatic rings. The first kappa shape index (κ1) is 14.2. The molecule has 0 radical (unpaired) electrons. The van der Waals surface area contributed by atoms with Crippen LogP contribution in [0.15, 0.2) is 6.07 Å². The molecular weight excluding hydrogens is 214 g/mol. The minimum absolute atomic E-state index is 0.149. The van der Waals surface area contributed by atoms with Gasteiger partial charge >= 0.3 is 0 Å². The van der Waals surface area contributed by atoms with E-state index in [1.807, 2.05) is 17.7 Å². The van der Waals surface area contributed by atoms with Gasteiger partial charge in [0.05, 0.1) is 11.8 Å². The second-order valence-corrected chi connectivity index (χ2v) is 5.01. The van der Waals surface area contributed by atoms with E-state index in [1.54, 1.807) is 0 Å². The van der Waals surface area contributed by atoms with Crippen LogP contribution in [0.4, 0.5) is 0 Å². The summed E-state index contributed by atoms with van der Waals surface area (Å²) in [5, 5.41) is 14.6. The fourth-order valence-electron chi connectivity index (χ4n) is 2.28. The van der Waals surface area contributed by atoms with E-state index >= 15 is 0 Å². The van der Waals surface area contributed by atoms with Crippen molar-refractivity contribution >= 4 is 0 Å². The fraction of sp³-hybridized carbons (Fsp3) is 0.769. The summed E-state index contributed by atoms with van der Waals surface area (Å²) in [6, 6.07) is 2.04. The second-order valence-electron chi connectivity index (χ2n) is 5.01. The summed E-state index contributed by atoms with van der Waals surface area (Å²) >= 11 is 0. The molecule has 3 N–H and O–H groups in total. The van der Waals surface area contributed by atoms with Gasteiger partial charge in [0.1, 0.15) is 0 Å². The van der Waals surface area contributed by atoms with Crippen molar-refractivity contribution in [1.29, 1.82) is 0 Å². The van der Waals surface area contributed by atoms with Crippen LogP contribution in [0.2, 0.25) is 0 Å². The van der Waals surface area contributed by atoms with Gasteiger partial charge in [-0.05, 0) is 38.3 Å². The normalized spacial score (nSPS) is 15.2. The molecule has 0 aliphatic carbocycles. The van der Waals surface area contributed by atoms with Gasteiger partial charge in [0.15, 0.2) is 0 Å². The van der Waals surface area contributed by atoms with Crippen molar-refractivity contribution in [3.63, 3.8) is 0 Å². The second kappa shape index (κ2) is 6.17. The molecule has 2 atom stereocenters. The quantitative estimate of drug-likeness (QED) is 0.787. The maximum absolute atomic E-state index is 10.2. The molecule has 1 rings (SSSR count). The van der Waals surface area contributed by atoms with E-state index in [9.17, 15) is 5.11 Å². The third-order valence-electron chi connectivity index (χ3n) is 3.33. The Balaban J connectivity index is 2.75. The molecule has 0 saturated heterocycles. The summed E-state index contributed by atoms with van der Waals surface area (Å²) < 4.78 is 1.95. The molecule has 0 aliphatic heterocycles. The van der Waals surface area contributed by atoms with Gasteiger partial charge in [0.2, 0.25) is 0 Å². The van der Waals surface area contributed by atoms with Gasteiger partial charge in [0.25, 0.3) is 0 Å². The minimum atomic E-state index is -0.388. The highest BCUT2D eigenvalue weighted by atomic mass is 16.3. The number of rotatable bonds is 6. The predicted octanol–water partition coefficient (Wildman–Crippen LogP) is 1.35. The molecule has 0 saturated carbocycles. The number of aryl methyl sites for hydroxylation is 2. The van der Waals surface area contributed by atoms with E-state index < -0.39 is 0 Å². The first-order valence-corrected chi connectivity index (χ1v) is 6.41. The summed E-state index contributed by atoms with van der Waals surface area (Å²) in [5.41, 5.74) is 7.82. The summed E-state index contributed by atoms with van der Waals surface area (Å²) in [6.07, 6.45) is 0.246. The first-order chi connectivity index (χ1) is 7.99. The molecule has 0 spiro atoms. The largest absolute Gasteiger partial charge is 0.392 e. The standard InChI is InChI=1S/C13H25N3O/c1-5-16-11(6-10(4)15-16)7-13(17)12(8-14)9(2)3/h6,9,12-13,17H,5,7-8,14H2,1-4H3. The molecule has 98 valence electrons. The number of aliphatic hydroxyl groups is 1. The van der Waals surface area contributed by atoms with Crippen molar-refractivity contribution < 1.29 is 5.11 Å². The van der Waals surface area contributed by atoms with Crippen LogP contribution in [-0.2, 0) is 13.0 Å². The highest BCUT2D eigenvalue weighted by Gasteiger charge is 2.22. The van der Waals surface area contributed by atoms with E-state index in [-0.39, 0.29) is 12.0 Å². The maximum Gasteiger partial charge on any atom is 0.0638 e. The zero-order valence-electron chi connectivity index (χ0n) is 11.3. The Morgan fingerprint density at radius 1 is 1.47 bits per heavy atom. The van der Waals surface area contributed by atoms with Crippen LogP contribution in [0.3, 0.4) is 0 Å². The Hall–Kier alpha value is -0.870. The van der Waals surface area contributed by atoms with Crippen molar-refractivity contribution in [2.75, 3.05) is 6.54 Å². The zero-order chi connectivity index (χ0) is 13.0. The lowest BCUT2D eigenvalue weighted by Gasteiger charge is -2.25. The summed E-state index contributed by atoms with van der Waals surface area (Å²) in [6.45, 7) is 9.60.